The van der Waals surface area contributed by atoms with Crippen LogP contribution in [-0.4, -0.2) is 43.3 Å². The van der Waals surface area contributed by atoms with Crippen LogP contribution in [0.2, 0.25) is 10.0 Å². The molecule has 8 nitrogen and oxygen atoms in total. The highest BCUT2D eigenvalue weighted by atomic mass is 79.9. The van der Waals surface area contributed by atoms with Crippen LogP contribution >= 0.6 is 55.1 Å². The van der Waals surface area contributed by atoms with Crippen molar-refractivity contribution in [3.05, 3.63) is 102 Å². The molecule has 0 aliphatic heterocycles. The zero-order chi connectivity index (χ0) is 31.3. The number of amides is 3. The number of fused-ring (bicyclic) bond motifs is 1. The fourth-order valence-corrected chi connectivity index (χ4v) is 6.08. The number of rotatable bonds is 9. The first-order valence-electron chi connectivity index (χ1n) is 12.9. The number of nitrogens with one attached hydrogen (secondary N) is 2. The molecule has 3 aromatic carbocycles. The Morgan fingerprint density at radius 2 is 1.74 bits per heavy atom. The summed E-state index contributed by atoms with van der Waals surface area (Å²) in [6.07, 6.45) is 2.90. The number of hydrogen-bond donors (Lipinski definition) is 2. The van der Waals surface area contributed by atoms with Gasteiger partial charge < -0.3 is 20.3 Å². The van der Waals surface area contributed by atoms with E-state index in [9.17, 15) is 14.4 Å². The van der Waals surface area contributed by atoms with Gasteiger partial charge in [0.25, 0.3) is 5.91 Å². The first-order chi connectivity index (χ1) is 20.5. The fraction of sp³-hybridized carbons (Fsp3) is 0.161. The van der Waals surface area contributed by atoms with E-state index in [0.29, 0.717) is 37.6 Å². The van der Waals surface area contributed by atoms with Gasteiger partial charge in [-0.1, -0.05) is 51.3 Å². The summed E-state index contributed by atoms with van der Waals surface area (Å²) in [5.41, 5.74) is 3.63. The highest BCUT2D eigenvalue weighted by Gasteiger charge is 2.20. The molecule has 1 heterocycles. The first kappa shape index (κ1) is 32.5. The smallest absolute Gasteiger partial charge is 0.251 e. The van der Waals surface area contributed by atoms with Gasteiger partial charge in [0.05, 0.1) is 21.7 Å². The van der Waals surface area contributed by atoms with E-state index in [0.717, 1.165) is 21.1 Å². The first-order valence-corrected chi connectivity index (χ1v) is 15.2. The summed E-state index contributed by atoms with van der Waals surface area (Å²) in [4.78, 5) is 42.9. The Labute approximate surface area is 275 Å². The third-order valence-corrected chi connectivity index (χ3v) is 8.50. The highest BCUT2D eigenvalue weighted by Crippen LogP contribution is 2.40. The third-order valence-electron chi connectivity index (χ3n) is 6.48. The monoisotopic (exact) mass is 746 g/mol. The van der Waals surface area contributed by atoms with Crippen molar-refractivity contribution < 1.29 is 19.1 Å². The van der Waals surface area contributed by atoms with E-state index >= 15 is 0 Å². The number of hydrogen-bond acceptors (Lipinski definition) is 5. The molecule has 0 aliphatic rings. The minimum Gasteiger partial charge on any atom is -0.485 e. The molecule has 12 heteroatoms. The quantitative estimate of drug-likeness (QED) is 0.178. The van der Waals surface area contributed by atoms with Crippen molar-refractivity contribution in [2.24, 2.45) is 0 Å². The van der Waals surface area contributed by atoms with Crippen molar-refractivity contribution in [2.45, 2.75) is 13.5 Å². The Kier molecular flexibility index (Phi) is 10.8. The van der Waals surface area contributed by atoms with Gasteiger partial charge in [0.15, 0.2) is 5.75 Å². The van der Waals surface area contributed by atoms with Gasteiger partial charge in [-0.3, -0.25) is 14.4 Å². The molecule has 2 N–H and O–H groups in total. The van der Waals surface area contributed by atoms with Crippen molar-refractivity contribution in [3.8, 4) is 5.75 Å². The van der Waals surface area contributed by atoms with Crippen molar-refractivity contribution in [1.29, 1.82) is 0 Å². The van der Waals surface area contributed by atoms with Crippen LogP contribution in [0.15, 0.2) is 69.6 Å². The molecule has 3 amide bonds. The zero-order valence-corrected chi connectivity index (χ0v) is 28.0. The number of carbonyl (C=O) groups is 3. The number of anilines is 1. The molecule has 0 atom stereocenters. The maximum Gasteiger partial charge on any atom is 0.251 e. The number of aryl methyl sites for hydroxylation is 1. The van der Waals surface area contributed by atoms with Crippen LogP contribution in [0.5, 0.6) is 5.75 Å². The third kappa shape index (κ3) is 7.75. The molecule has 0 aliphatic carbocycles. The standard InChI is InChI=1S/C31H26Br2Cl2N4O4/c1-17-4-10-20-22(32)14-23(33)30(29(20)38-17)43-16-21-24(34)11-12-25(28(21)35)39(3)27(41)15-37-26(40)13-7-18-5-8-19(9-6-18)31(42)36-2/h4-14H,15-16H2,1-3H3,(H,36,42)(H,37,40). The van der Waals surface area contributed by atoms with Gasteiger partial charge in [0.1, 0.15) is 12.1 Å². The lowest BCUT2D eigenvalue weighted by Crippen LogP contribution is -2.37. The molecule has 43 heavy (non-hydrogen) atoms. The molecule has 0 bridgehead atoms. The van der Waals surface area contributed by atoms with Crippen LogP contribution in [0.4, 0.5) is 5.69 Å². The summed E-state index contributed by atoms with van der Waals surface area (Å²) < 4.78 is 7.75. The summed E-state index contributed by atoms with van der Waals surface area (Å²) in [7, 11) is 3.11. The molecular weight excluding hydrogens is 723 g/mol. The molecule has 1 aromatic heterocycles. The molecule has 0 unspecified atom stereocenters. The Morgan fingerprint density at radius 1 is 1.02 bits per heavy atom. The molecule has 0 saturated carbocycles. The van der Waals surface area contributed by atoms with Crippen LogP contribution < -0.4 is 20.3 Å². The molecular formula is C31H26Br2Cl2N4O4. The summed E-state index contributed by atoms with van der Waals surface area (Å²) in [5.74, 6) is -0.518. The maximum absolute atomic E-state index is 12.9. The number of aromatic nitrogens is 1. The second-order valence-corrected chi connectivity index (χ2v) is 11.9. The lowest BCUT2D eigenvalue weighted by Gasteiger charge is -2.21. The summed E-state index contributed by atoms with van der Waals surface area (Å²) in [6.45, 7) is 1.65. The largest absolute Gasteiger partial charge is 0.485 e. The predicted octanol–water partition coefficient (Wildman–Crippen LogP) is 7.11. The number of halogens is 4. The van der Waals surface area contributed by atoms with E-state index in [-0.39, 0.29) is 24.1 Å². The molecule has 4 aromatic rings. The molecule has 0 radical (unpaired) electrons. The molecule has 222 valence electrons. The average molecular weight is 749 g/mol. The van der Waals surface area contributed by atoms with Gasteiger partial charge in [-0.2, -0.15) is 0 Å². The van der Waals surface area contributed by atoms with Crippen LogP contribution in [0.25, 0.3) is 17.0 Å². The van der Waals surface area contributed by atoms with Crippen LogP contribution in [0, 0.1) is 6.92 Å². The van der Waals surface area contributed by atoms with Gasteiger partial charge in [0, 0.05) is 51.9 Å². The van der Waals surface area contributed by atoms with Crippen molar-refractivity contribution in [2.75, 3.05) is 25.5 Å². The van der Waals surface area contributed by atoms with Crippen LogP contribution in [0.1, 0.15) is 27.2 Å². The van der Waals surface area contributed by atoms with Crippen molar-refractivity contribution in [1.82, 2.24) is 15.6 Å². The van der Waals surface area contributed by atoms with Gasteiger partial charge in [-0.15, -0.1) is 0 Å². The predicted molar refractivity (Wildman–Crippen MR) is 178 cm³/mol. The second-order valence-electron chi connectivity index (χ2n) is 9.37. The Balaban J connectivity index is 1.43. The second kappa shape index (κ2) is 14.4. The molecule has 0 spiro atoms. The lowest BCUT2D eigenvalue weighted by molar-refractivity contribution is -0.122. The number of carbonyl (C=O) groups excluding carboxylic acids is 3. The number of likely N-dealkylation sites (N-methyl/N-ethyl adjacent to an activating group) is 1. The number of pyridine rings is 1. The lowest BCUT2D eigenvalue weighted by atomic mass is 10.1. The van der Waals surface area contributed by atoms with E-state index in [1.54, 1.807) is 56.6 Å². The van der Waals surface area contributed by atoms with E-state index in [1.807, 2.05) is 25.1 Å². The number of benzene rings is 3. The van der Waals surface area contributed by atoms with Gasteiger partial charge in [-0.25, -0.2) is 4.98 Å². The van der Waals surface area contributed by atoms with Gasteiger partial charge in [0.2, 0.25) is 11.8 Å². The number of ether oxygens (including phenoxy) is 1. The molecule has 0 fully saturated rings. The van der Waals surface area contributed by atoms with Gasteiger partial charge in [-0.05, 0) is 77.0 Å². The number of nitrogens with zero attached hydrogens (tertiary/aromatic N) is 2. The summed E-state index contributed by atoms with van der Waals surface area (Å²) in [6, 6.07) is 15.8. The molecule has 4 rings (SSSR count). The summed E-state index contributed by atoms with van der Waals surface area (Å²) >= 11 is 20.3. The minimum atomic E-state index is -0.454. The van der Waals surface area contributed by atoms with Crippen LogP contribution in [-0.2, 0) is 16.2 Å². The van der Waals surface area contributed by atoms with Crippen molar-refractivity contribution in [3.63, 3.8) is 0 Å². The maximum atomic E-state index is 12.9. The Bertz CT molecular complexity index is 1750. The average Bonchev–Trinajstić information content (AvgIpc) is 2.99. The van der Waals surface area contributed by atoms with Crippen molar-refractivity contribution >= 4 is 95.4 Å². The SMILES string of the molecule is CNC(=O)c1ccc(C=CC(=O)NCC(=O)N(C)c2ccc(Cl)c(COc3c(Br)cc(Br)c4ccc(C)nc34)c2Cl)cc1. The van der Waals surface area contributed by atoms with Gasteiger partial charge >= 0.3 is 0 Å². The normalized spacial score (nSPS) is 11.0. The topological polar surface area (TPSA) is 101 Å². The Hall–Kier alpha value is -3.44. The molecule has 0 saturated heterocycles. The van der Waals surface area contributed by atoms with E-state index < -0.39 is 11.8 Å². The summed E-state index contributed by atoms with van der Waals surface area (Å²) in [5, 5.41) is 6.63. The zero-order valence-electron chi connectivity index (χ0n) is 23.3. The highest BCUT2D eigenvalue weighted by molar-refractivity contribution is 9.11. The van der Waals surface area contributed by atoms with Crippen LogP contribution in [0.3, 0.4) is 0 Å². The minimum absolute atomic E-state index is 0.0180. The Morgan fingerprint density at radius 3 is 2.44 bits per heavy atom. The van der Waals surface area contributed by atoms with E-state index in [4.69, 9.17) is 27.9 Å². The van der Waals surface area contributed by atoms with E-state index in [2.05, 4.69) is 47.5 Å². The van der Waals surface area contributed by atoms with E-state index in [1.165, 1.54) is 11.0 Å². The fourth-order valence-electron chi connectivity index (χ4n) is 4.08.